The van der Waals surface area contributed by atoms with Gasteiger partial charge in [-0.15, -0.1) is 4.33 Å². The fourth-order valence-electron chi connectivity index (χ4n) is 1.27. The molecule has 1 heterocycles. The molecular weight excluding hydrogens is 232 g/mol. The predicted octanol–water partition coefficient (Wildman–Crippen LogP) is 1.17. The molecule has 7 heteroatoms. The number of nitrogens with zero attached hydrogens (tertiary/aromatic N) is 1. The molecule has 1 aromatic carbocycles. The van der Waals surface area contributed by atoms with E-state index in [-0.39, 0.29) is 5.16 Å². The van der Waals surface area contributed by atoms with Gasteiger partial charge in [-0.05, 0) is 12.1 Å². The topological polar surface area (TPSA) is 73.4 Å². The first kappa shape index (κ1) is 11.1. The molecule has 0 saturated heterocycles. The van der Waals surface area contributed by atoms with Crippen LogP contribution in [-0.2, 0) is 20.3 Å². The van der Waals surface area contributed by atoms with Crippen LogP contribution in [0.25, 0.3) is 11.0 Å². The Morgan fingerprint density at radius 1 is 1.38 bits per heavy atom. The smallest absolute Gasteiger partial charge is 0.256 e. The highest BCUT2D eigenvalue weighted by Gasteiger charge is 2.11. The van der Waals surface area contributed by atoms with E-state index >= 15 is 0 Å². The van der Waals surface area contributed by atoms with E-state index in [0.29, 0.717) is 11.3 Å². The quantitative estimate of drug-likeness (QED) is 0.643. The first-order valence-electron chi connectivity index (χ1n) is 4.41. The number of benzene rings is 1. The normalized spacial score (nSPS) is 12.9. The molecule has 0 saturated carbocycles. The van der Waals surface area contributed by atoms with Crippen molar-refractivity contribution in [2.24, 2.45) is 0 Å². The van der Waals surface area contributed by atoms with Gasteiger partial charge in [-0.2, -0.15) is 0 Å². The number of rotatable bonds is 4. The largest absolute Gasteiger partial charge is 0.497 e. The molecule has 0 aliphatic carbocycles. The molecule has 0 fully saturated rings. The standard InChI is InChI=1S/C9H10N2O4S/c1-13-6-3-4-7-8(5-6)11-9(10-7)16(12)15-14-2/h3-5H,1-2H3,(H,10,11). The molecule has 1 N–H and O–H groups in total. The Balaban J connectivity index is 2.39. The number of fused-ring (bicyclic) bond motifs is 1. The van der Waals surface area contributed by atoms with E-state index in [9.17, 15) is 4.21 Å². The zero-order chi connectivity index (χ0) is 11.5. The van der Waals surface area contributed by atoms with Crippen LogP contribution in [0.4, 0.5) is 0 Å². The summed E-state index contributed by atoms with van der Waals surface area (Å²) in [4.78, 5) is 11.3. The van der Waals surface area contributed by atoms with Gasteiger partial charge < -0.3 is 9.72 Å². The lowest BCUT2D eigenvalue weighted by atomic mass is 10.3. The van der Waals surface area contributed by atoms with Crippen molar-refractivity contribution >= 4 is 22.1 Å². The summed E-state index contributed by atoms with van der Waals surface area (Å²) in [7, 11) is 2.86. The maximum absolute atomic E-state index is 11.4. The average Bonchev–Trinajstić information content (AvgIpc) is 2.71. The number of imidazole rings is 1. The molecule has 1 atom stereocenters. The van der Waals surface area contributed by atoms with Gasteiger partial charge in [0.15, 0.2) is 0 Å². The van der Waals surface area contributed by atoms with Crippen LogP contribution in [0.1, 0.15) is 0 Å². The van der Waals surface area contributed by atoms with Crippen molar-refractivity contribution in [3.05, 3.63) is 18.2 Å². The van der Waals surface area contributed by atoms with Crippen molar-refractivity contribution in [3.63, 3.8) is 0 Å². The fourth-order valence-corrected chi connectivity index (χ4v) is 1.82. The second-order valence-electron chi connectivity index (χ2n) is 2.89. The lowest BCUT2D eigenvalue weighted by Gasteiger charge is -1.96. The highest BCUT2D eigenvalue weighted by Crippen LogP contribution is 2.19. The number of methoxy groups -OCH3 is 1. The van der Waals surface area contributed by atoms with Crippen molar-refractivity contribution in [2.45, 2.75) is 5.16 Å². The van der Waals surface area contributed by atoms with E-state index in [4.69, 9.17) is 4.74 Å². The summed E-state index contributed by atoms with van der Waals surface area (Å²) in [5, 5.41) is 0.199. The fraction of sp³-hybridized carbons (Fsp3) is 0.222. The number of aromatic nitrogens is 2. The summed E-state index contributed by atoms with van der Waals surface area (Å²) in [5.74, 6) is 0.696. The molecule has 6 nitrogen and oxygen atoms in total. The first-order chi connectivity index (χ1) is 7.74. The van der Waals surface area contributed by atoms with E-state index in [1.807, 2.05) is 0 Å². The number of hydrogen-bond acceptors (Lipinski definition) is 5. The Bertz CT molecular complexity index is 525. The monoisotopic (exact) mass is 242 g/mol. The van der Waals surface area contributed by atoms with E-state index in [1.54, 1.807) is 25.3 Å². The van der Waals surface area contributed by atoms with Gasteiger partial charge in [0.2, 0.25) is 5.16 Å². The van der Waals surface area contributed by atoms with Crippen molar-refractivity contribution in [3.8, 4) is 5.75 Å². The highest BCUT2D eigenvalue weighted by molar-refractivity contribution is 7.79. The second-order valence-corrected chi connectivity index (χ2v) is 3.89. The van der Waals surface area contributed by atoms with Crippen LogP contribution < -0.4 is 4.74 Å². The molecular formula is C9H10N2O4S. The number of ether oxygens (including phenoxy) is 1. The van der Waals surface area contributed by atoms with Crippen LogP contribution in [0, 0.1) is 0 Å². The molecule has 0 amide bonds. The summed E-state index contributed by atoms with van der Waals surface area (Å²) in [6, 6.07) is 5.29. The van der Waals surface area contributed by atoms with Crippen LogP contribution in [0.3, 0.4) is 0 Å². The van der Waals surface area contributed by atoms with E-state index in [1.165, 1.54) is 7.11 Å². The van der Waals surface area contributed by atoms with Crippen LogP contribution in [-0.4, -0.2) is 28.4 Å². The predicted molar refractivity (Wildman–Crippen MR) is 57.1 cm³/mol. The average molecular weight is 242 g/mol. The van der Waals surface area contributed by atoms with Crippen LogP contribution in [0.2, 0.25) is 0 Å². The number of nitrogens with one attached hydrogen (secondary N) is 1. The summed E-state index contributed by atoms with van der Waals surface area (Å²) in [5.41, 5.74) is 1.41. The zero-order valence-electron chi connectivity index (χ0n) is 8.72. The van der Waals surface area contributed by atoms with Crippen molar-refractivity contribution in [1.82, 2.24) is 9.97 Å². The summed E-state index contributed by atoms with van der Waals surface area (Å²) in [6.45, 7) is 0. The van der Waals surface area contributed by atoms with E-state index in [2.05, 4.69) is 19.2 Å². The lowest BCUT2D eigenvalue weighted by molar-refractivity contribution is -0.167. The number of aromatic amines is 1. The highest BCUT2D eigenvalue weighted by atomic mass is 32.2. The molecule has 2 rings (SSSR count). The number of hydrogen-bond donors (Lipinski definition) is 1. The van der Waals surface area contributed by atoms with Gasteiger partial charge in [-0.3, -0.25) is 0 Å². The molecule has 0 aliphatic rings. The van der Waals surface area contributed by atoms with Crippen LogP contribution in [0.15, 0.2) is 23.4 Å². The van der Waals surface area contributed by atoms with Gasteiger partial charge in [0, 0.05) is 6.07 Å². The third-order valence-electron chi connectivity index (χ3n) is 1.96. The zero-order valence-corrected chi connectivity index (χ0v) is 9.54. The minimum Gasteiger partial charge on any atom is -0.497 e. The van der Waals surface area contributed by atoms with E-state index < -0.39 is 11.1 Å². The molecule has 0 radical (unpaired) electrons. The van der Waals surface area contributed by atoms with Gasteiger partial charge in [-0.1, -0.05) is 0 Å². The van der Waals surface area contributed by atoms with Gasteiger partial charge in [0.05, 0.1) is 25.3 Å². The maximum atomic E-state index is 11.4. The summed E-state index contributed by atoms with van der Waals surface area (Å²) in [6.07, 6.45) is 0. The minimum atomic E-state index is -1.75. The Kier molecular flexibility index (Phi) is 3.18. The van der Waals surface area contributed by atoms with Gasteiger partial charge in [0.25, 0.3) is 11.1 Å². The van der Waals surface area contributed by atoms with Crippen LogP contribution in [0.5, 0.6) is 5.75 Å². The summed E-state index contributed by atoms with van der Waals surface area (Å²) < 4.78 is 20.9. The Hall–Kier alpha value is -1.44. The minimum absolute atomic E-state index is 0.199. The molecule has 0 spiro atoms. The van der Waals surface area contributed by atoms with Crippen molar-refractivity contribution in [1.29, 1.82) is 0 Å². The summed E-state index contributed by atoms with van der Waals surface area (Å²) >= 11 is -1.75. The Morgan fingerprint density at radius 2 is 2.19 bits per heavy atom. The van der Waals surface area contributed by atoms with Gasteiger partial charge in [0.1, 0.15) is 5.75 Å². The van der Waals surface area contributed by atoms with Crippen LogP contribution >= 0.6 is 0 Å². The Labute approximate surface area is 94.1 Å². The SMILES string of the molecule is COOS(=O)c1nc2ccc(OC)cc2[nH]1. The van der Waals surface area contributed by atoms with E-state index in [0.717, 1.165) is 5.52 Å². The molecule has 1 aromatic heterocycles. The molecule has 1 unspecified atom stereocenters. The molecule has 0 bridgehead atoms. The number of H-pyrrole nitrogens is 1. The molecule has 0 aliphatic heterocycles. The first-order valence-corrected chi connectivity index (χ1v) is 5.48. The maximum Gasteiger partial charge on any atom is 0.256 e. The molecule has 16 heavy (non-hydrogen) atoms. The van der Waals surface area contributed by atoms with Crippen molar-refractivity contribution < 1.29 is 18.2 Å². The molecule has 86 valence electrons. The molecule has 2 aromatic rings. The Morgan fingerprint density at radius 3 is 2.88 bits per heavy atom. The van der Waals surface area contributed by atoms with Gasteiger partial charge >= 0.3 is 0 Å². The lowest BCUT2D eigenvalue weighted by Crippen LogP contribution is -1.98. The van der Waals surface area contributed by atoms with Gasteiger partial charge in [-0.25, -0.2) is 14.1 Å². The second kappa shape index (κ2) is 4.60. The van der Waals surface area contributed by atoms with Crippen molar-refractivity contribution in [2.75, 3.05) is 14.2 Å². The third-order valence-corrected chi connectivity index (χ3v) is 2.72. The third kappa shape index (κ3) is 2.06.